The standard InChI is InChI=1S/C20H20N6OS/c1-2-27-18-11-7-6-10-17(18)26-20(22-23-24-26)28-15-19-21-12-13-25(19)14-16-8-4-3-5-9-16/h3-13H,2,14-15H2,1H3. The average molecular weight is 392 g/mol. The van der Waals surface area contributed by atoms with Crippen molar-refractivity contribution in [2.45, 2.75) is 24.4 Å². The van der Waals surface area contributed by atoms with Crippen LogP contribution in [-0.2, 0) is 12.3 Å². The first-order valence-corrected chi connectivity index (χ1v) is 10.0. The van der Waals surface area contributed by atoms with Crippen LogP contribution in [-0.4, -0.2) is 36.4 Å². The van der Waals surface area contributed by atoms with E-state index in [1.165, 1.54) is 5.56 Å². The van der Waals surface area contributed by atoms with Gasteiger partial charge in [-0.1, -0.05) is 54.2 Å². The summed E-state index contributed by atoms with van der Waals surface area (Å²) in [6, 6.07) is 18.1. The van der Waals surface area contributed by atoms with Gasteiger partial charge >= 0.3 is 0 Å². The van der Waals surface area contributed by atoms with Crippen molar-refractivity contribution >= 4 is 11.8 Å². The van der Waals surface area contributed by atoms with Gasteiger partial charge < -0.3 is 9.30 Å². The normalized spacial score (nSPS) is 10.9. The lowest BCUT2D eigenvalue weighted by molar-refractivity contribution is 0.337. The SMILES string of the molecule is CCOc1ccccc1-n1nnnc1SCc1nccn1Cc1ccccc1. The second-order valence-corrected chi connectivity index (χ2v) is 6.96. The number of hydrogen-bond acceptors (Lipinski definition) is 6. The number of nitrogens with zero attached hydrogens (tertiary/aromatic N) is 6. The maximum Gasteiger partial charge on any atom is 0.214 e. The van der Waals surface area contributed by atoms with Crippen molar-refractivity contribution in [3.63, 3.8) is 0 Å². The second kappa shape index (κ2) is 8.71. The highest BCUT2D eigenvalue weighted by atomic mass is 32.2. The van der Waals surface area contributed by atoms with Crippen LogP contribution in [0.5, 0.6) is 5.75 Å². The van der Waals surface area contributed by atoms with Crippen LogP contribution in [0.15, 0.2) is 72.1 Å². The smallest absolute Gasteiger partial charge is 0.214 e. The molecule has 28 heavy (non-hydrogen) atoms. The zero-order valence-electron chi connectivity index (χ0n) is 15.5. The van der Waals surface area contributed by atoms with E-state index in [1.54, 1.807) is 16.4 Å². The fraction of sp³-hybridized carbons (Fsp3) is 0.200. The molecular formula is C20H20N6OS. The molecule has 0 spiro atoms. The van der Waals surface area contributed by atoms with Crippen LogP contribution in [0.3, 0.4) is 0 Å². The molecule has 7 nitrogen and oxygen atoms in total. The summed E-state index contributed by atoms with van der Waals surface area (Å²) >= 11 is 1.55. The number of rotatable bonds is 8. The van der Waals surface area contributed by atoms with Gasteiger partial charge in [-0.2, -0.15) is 4.68 Å². The molecule has 2 aromatic heterocycles. The molecular weight excluding hydrogens is 372 g/mol. The van der Waals surface area contributed by atoms with E-state index in [0.717, 1.165) is 23.8 Å². The quantitative estimate of drug-likeness (QED) is 0.427. The summed E-state index contributed by atoms with van der Waals surface area (Å²) in [5.74, 6) is 2.39. The van der Waals surface area contributed by atoms with Gasteiger partial charge in [0, 0.05) is 18.9 Å². The number of imidazole rings is 1. The summed E-state index contributed by atoms with van der Waals surface area (Å²) in [7, 11) is 0. The highest BCUT2D eigenvalue weighted by Crippen LogP contribution is 2.27. The maximum absolute atomic E-state index is 5.71. The highest BCUT2D eigenvalue weighted by Gasteiger charge is 2.14. The molecule has 0 fully saturated rings. The largest absolute Gasteiger partial charge is 0.492 e. The van der Waals surface area contributed by atoms with Crippen molar-refractivity contribution in [1.29, 1.82) is 0 Å². The molecule has 142 valence electrons. The number of aromatic nitrogens is 6. The Morgan fingerprint density at radius 1 is 1.04 bits per heavy atom. The molecule has 0 aliphatic heterocycles. The van der Waals surface area contributed by atoms with Gasteiger partial charge in [0.15, 0.2) is 0 Å². The van der Waals surface area contributed by atoms with E-state index < -0.39 is 0 Å². The maximum atomic E-state index is 5.71. The number of thioether (sulfide) groups is 1. The van der Waals surface area contributed by atoms with Crippen molar-refractivity contribution in [2.75, 3.05) is 6.61 Å². The molecule has 4 rings (SSSR count). The molecule has 2 aromatic carbocycles. The van der Waals surface area contributed by atoms with Gasteiger partial charge in [0.25, 0.3) is 0 Å². The first kappa shape index (κ1) is 18.2. The Labute approximate surface area is 167 Å². The van der Waals surface area contributed by atoms with Crippen molar-refractivity contribution < 1.29 is 4.74 Å². The monoisotopic (exact) mass is 392 g/mol. The first-order valence-electron chi connectivity index (χ1n) is 9.02. The van der Waals surface area contributed by atoms with Crippen LogP contribution in [0.25, 0.3) is 5.69 Å². The van der Waals surface area contributed by atoms with Gasteiger partial charge in [0.2, 0.25) is 5.16 Å². The number of hydrogen-bond donors (Lipinski definition) is 0. The molecule has 0 amide bonds. The lowest BCUT2D eigenvalue weighted by Gasteiger charge is -2.11. The Kier molecular flexibility index (Phi) is 5.67. The number of ether oxygens (including phenoxy) is 1. The average Bonchev–Trinajstić information content (AvgIpc) is 3.37. The predicted molar refractivity (Wildman–Crippen MR) is 108 cm³/mol. The van der Waals surface area contributed by atoms with Gasteiger partial charge in [0.05, 0.1) is 12.4 Å². The Morgan fingerprint density at radius 3 is 2.71 bits per heavy atom. The van der Waals surface area contributed by atoms with Gasteiger partial charge in [-0.3, -0.25) is 0 Å². The molecule has 0 bridgehead atoms. The summed E-state index contributed by atoms with van der Waals surface area (Å²) in [6.45, 7) is 3.33. The summed E-state index contributed by atoms with van der Waals surface area (Å²) in [4.78, 5) is 4.50. The lowest BCUT2D eigenvalue weighted by atomic mass is 10.2. The number of para-hydroxylation sites is 2. The predicted octanol–water partition coefficient (Wildman–Crippen LogP) is 3.60. The molecule has 0 atom stereocenters. The van der Waals surface area contributed by atoms with Gasteiger partial charge in [-0.25, -0.2) is 4.98 Å². The number of benzene rings is 2. The summed E-state index contributed by atoms with van der Waals surface area (Å²) in [6.07, 6.45) is 3.82. The third-order valence-electron chi connectivity index (χ3n) is 4.16. The molecule has 0 aliphatic rings. The Hall–Kier alpha value is -3.13. The highest BCUT2D eigenvalue weighted by molar-refractivity contribution is 7.98. The summed E-state index contributed by atoms with van der Waals surface area (Å²) < 4.78 is 9.56. The van der Waals surface area contributed by atoms with E-state index in [9.17, 15) is 0 Å². The van der Waals surface area contributed by atoms with Crippen molar-refractivity contribution in [2.24, 2.45) is 0 Å². The Bertz CT molecular complexity index is 1030. The Morgan fingerprint density at radius 2 is 1.86 bits per heavy atom. The molecule has 2 heterocycles. The second-order valence-electron chi connectivity index (χ2n) is 6.02. The molecule has 0 N–H and O–H groups in total. The molecule has 0 radical (unpaired) electrons. The van der Waals surface area contributed by atoms with Crippen molar-refractivity contribution in [1.82, 2.24) is 29.8 Å². The van der Waals surface area contributed by atoms with Crippen LogP contribution < -0.4 is 4.74 Å². The minimum atomic E-state index is 0.582. The fourth-order valence-electron chi connectivity index (χ4n) is 2.86. The molecule has 4 aromatic rings. The first-order chi connectivity index (χ1) is 13.8. The third kappa shape index (κ3) is 4.07. The van der Waals surface area contributed by atoms with Crippen molar-refractivity contribution in [3.05, 3.63) is 78.4 Å². The molecule has 0 aliphatic carbocycles. The summed E-state index contributed by atoms with van der Waals surface area (Å²) in [5, 5.41) is 12.9. The zero-order chi connectivity index (χ0) is 19.2. The minimum absolute atomic E-state index is 0.582. The van der Waals surface area contributed by atoms with Crippen LogP contribution >= 0.6 is 11.8 Å². The molecule has 0 saturated carbocycles. The lowest BCUT2D eigenvalue weighted by Crippen LogP contribution is -2.05. The molecule has 8 heteroatoms. The minimum Gasteiger partial charge on any atom is -0.492 e. The van der Waals surface area contributed by atoms with E-state index in [4.69, 9.17) is 4.74 Å². The van der Waals surface area contributed by atoms with Crippen LogP contribution in [0.2, 0.25) is 0 Å². The van der Waals surface area contributed by atoms with E-state index in [0.29, 0.717) is 17.5 Å². The van der Waals surface area contributed by atoms with E-state index >= 15 is 0 Å². The van der Waals surface area contributed by atoms with E-state index in [1.807, 2.05) is 61.8 Å². The fourth-order valence-corrected chi connectivity index (χ4v) is 3.71. The topological polar surface area (TPSA) is 70.7 Å². The molecule has 0 saturated heterocycles. The molecule has 0 unspecified atom stereocenters. The third-order valence-corrected chi connectivity index (χ3v) is 5.08. The zero-order valence-corrected chi connectivity index (χ0v) is 16.3. The van der Waals surface area contributed by atoms with Gasteiger partial charge in [-0.05, 0) is 35.0 Å². The Balaban J connectivity index is 1.51. The van der Waals surface area contributed by atoms with Crippen LogP contribution in [0.4, 0.5) is 0 Å². The summed E-state index contributed by atoms with van der Waals surface area (Å²) in [5.41, 5.74) is 2.06. The number of tetrazole rings is 1. The van der Waals surface area contributed by atoms with Crippen molar-refractivity contribution in [3.8, 4) is 11.4 Å². The van der Waals surface area contributed by atoms with E-state index in [-0.39, 0.29) is 0 Å². The van der Waals surface area contributed by atoms with Gasteiger partial charge in [0.1, 0.15) is 17.3 Å². The van der Waals surface area contributed by atoms with Gasteiger partial charge in [-0.15, -0.1) is 5.10 Å². The van der Waals surface area contributed by atoms with Crippen LogP contribution in [0, 0.1) is 0 Å². The van der Waals surface area contributed by atoms with E-state index in [2.05, 4.69) is 37.2 Å². The van der Waals surface area contributed by atoms with Crippen LogP contribution in [0.1, 0.15) is 18.3 Å².